The van der Waals surface area contributed by atoms with Gasteiger partial charge in [-0.3, -0.25) is 4.79 Å². The first-order valence-corrected chi connectivity index (χ1v) is 6.48. The summed E-state index contributed by atoms with van der Waals surface area (Å²) < 4.78 is 1.12. The molecule has 1 rings (SSSR count). The van der Waals surface area contributed by atoms with E-state index < -0.39 is 0 Å². The Balaban J connectivity index is 2.24. The van der Waals surface area contributed by atoms with E-state index in [1.165, 1.54) is 5.56 Å². The van der Waals surface area contributed by atoms with E-state index in [2.05, 4.69) is 32.7 Å². The summed E-state index contributed by atoms with van der Waals surface area (Å²) in [6.07, 6.45) is 0. The topological polar surface area (TPSA) is 32.3 Å². The second kappa shape index (κ2) is 6.25. The van der Waals surface area contributed by atoms with Gasteiger partial charge in [-0.25, -0.2) is 0 Å². The van der Waals surface area contributed by atoms with Crippen molar-refractivity contribution in [3.8, 4) is 0 Å². The van der Waals surface area contributed by atoms with E-state index >= 15 is 0 Å². The van der Waals surface area contributed by atoms with Gasteiger partial charge in [-0.2, -0.15) is 0 Å². The molecular formula is C10H15BrN2OS. The van der Waals surface area contributed by atoms with Crippen LogP contribution in [0.5, 0.6) is 0 Å². The molecule has 0 saturated carbocycles. The summed E-state index contributed by atoms with van der Waals surface area (Å²) in [7, 11) is 1.81. The predicted molar refractivity (Wildman–Crippen MR) is 67.0 cm³/mol. The number of amides is 1. The van der Waals surface area contributed by atoms with Gasteiger partial charge in [0.25, 0.3) is 0 Å². The number of likely N-dealkylation sites (N-methyl/N-ethyl adjacent to an activating group) is 1. The number of nitrogens with one attached hydrogen (secondary N) is 1. The molecule has 1 heterocycles. The van der Waals surface area contributed by atoms with Crippen LogP contribution in [0.15, 0.2) is 15.2 Å². The Bertz CT molecular complexity index is 327. The van der Waals surface area contributed by atoms with E-state index in [1.807, 2.05) is 14.0 Å². The van der Waals surface area contributed by atoms with Gasteiger partial charge in [-0.05, 0) is 39.9 Å². The zero-order valence-electron chi connectivity index (χ0n) is 8.92. The lowest BCUT2D eigenvalue weighted by molar-refractivity contribution is -0.128. The number of nitrogens with zero attached hydrogens (tertiary/aromatic N) is 1. The number of thiophene rings is 1. The molecule has 0 aliphatic heterocycles. The summed E-state index contributed by atoms with van der Waals surface area (Å²) in [5, 5.41) is 5.20. The van der Waals surface area contributed by atoms with Crippen LogP contribution < -0.4 is 5.32 Å². The van der Waals surface area contributed by atoms with Crippen molar-refractivity contribution in [2.75, 3.05) is 20.1 Å². The maximum Gasteiger partial charge on any atom is 0.236 e. The molecule has 0 bridgehead atoms. The summed E-state index contributed by atoms with van der Waals surface area (Å²) in [6.45, 7) is 3.86. The molecule has 0 aliphatic rings. The monoisotopic (exact) mass is 290 g/mol. The molecule has 0 unspecified atom stereocenters. The summed E-state index contributed by atoms with van der Waals surface area (Å²) >= 11 is 5.06. The third-order valence-corrected chi connectivity index (χ3v) is 3.68. The maximum atomic E-state index is 11.4. The summed E-state index contributed by atoms with van der Waals surface area (Å²) in [5.74, 6) is 0.131. The highest BCUT2D eigenvalue weighted by atomic mass is 79.9. The molecule has 0 spiro atoms. The van der Waals surface area contributed by atoms with E-state index in [9.17, 15) is 4.79 Å². The summed E-state index contributed by atoms with van der Waals surface area (Å²) in [5.41, 5.74) is 1.21. The van der Waals surface area contributed by atoms with Gasteiger partial charge in [-0.15, -0.1) is 11.3 Å². The highest BCUT2D eigenvalue weighted by Gasteiger charge is 2.05. The molecular weight excluding hydrogens is 276 g/mol. The van der Waals surface area contributed by atoms with Gasteiger partial charge >= 0.3 is 0 Å². The molecule has 0 radical (unpaired) electrons. The van der Waals surface area contributed by atoms with Crippen LogP contribution >= 0.6 is 27.3 Å². The Labute approximate surface area is 103 Å². The molecule has 1 amide bonds. The molecule has 1 N–H and O–H groups in total. The average molecular weight is 291 g/mol. The SMILES string of the molecule is CCN(C)C(=O)CNCc1csc(Br)c1. The van der Waals surface area contributed by atoms with Crippen LogP contribution in [0.2, 0.25) is 0 Å². The van der Waals surface area contributed by atoms with Gasteiger partial charge in [0, 0.05) is 20.1 Å². The fourth-order valence-electron chi connectivity index (χ4n) is 1.06. The molecule has 3 nitrogen and oxygen atoms in total. The first kappa shape index (κ1) is 12.7. The number of hydrogen-bond acceptors (Lipinski definition) is 3. The largest absolute Gasteiger partial charge is 0.345 e. The van der Waals surface area contributed by atoms with Gasteiger partial charge in [0.1, 0.15) is 0 Å². The lowest BCUT2D eigenvalue weighted by Crippen LogP contribution is -2.35. The van der Waals surface area contributed by atoms with Gasteiger partial charge < -0.3 is 10.2 Å². The van der Waals surface area contributed by atoms with E-state index in [0.717, 1.165) is 16.9 Å². The van der Waals surface area contributed by atoms with Crippen molar-refractivity contribution in [1.82, 2.24) is 10.2 Å². The molecule has 1 aromatic heterocycles. The van der Waals surface area contributed by atoms with E-state index in [1.54, 1.807) is 16.2 Å². The smallest absolute Gasteiger partial charge is 0.236 e. The lowest BCUT2D eigenvalue weighted by Gasteiger charge is -2.14. The molecule has 15 heavy (non-hydrogen) atoms. The average Bonchev–Trinajstić information content (AvgIpc) is 2.63. The Hall–Kier alpha value is -0.390. The van der Waals surface area contributed by atoms with Crippen LogP contribution in [0.3, 0.4) is 0 Å². The van der Waals surface area contributed by atoms with Crippen molar-refractivity contribution in [2.24, 2.45) is 0 Å². The van der Waals surface area contributed by atoms with Crippen LogP contribution in [-0.2, 0) is 11.3 Å². The van der Waals surface area contributed by atoms with E-state index in [0.29, 0.717) is 6.54 Å². The minimum Gasteiger partial charge on any atom is -0.345 e. The second-order valence-corrected chi connectivity index (χ2v) is 5.56. The zero-order valence-corrected chi connectivity index (χ0v) is 11.3. The van der Waals surface area contributed by atoms with E-state index in [-0.39, 0.29) is 5.91 Å². The quantitative estimate of drug-likeness (QED) is 0.901. The number of rotatable bonds is 5. The van der Waals surface area contributed by atoms with Gasteiger partial charge in [0.2, 0.25) is 5.91 Å². The third kappa shape index (κ3) is 4.32. The van der Waals surface area contributed by atoms with Crippen molar-refractivity contribution >= 4 is 33.2 Å². The molecule has 0 aromatic carbocycles. The Morgan fingerprint density at radius 1 is 1.67 bits per heavy atom. The minimum absolute atomic E-state index is 0.131. The predicted octanol–water partition coefficient (Wildman–Crippen LogP) is 2.08. The standard InChI is InChI=1S/C10H15BrN2OS/c1-3-13(2)10(14)6-12-5-8-4-9(11)15-7-8/h4,7,12H,3,5-6H2,1-2H3. The molecule has 84 valence electrons. The Morgan fingerprint density at radius 3 is 2.93 bits per heavy atom. The van der Waals surface area contributed by atoms with Crippen molar-refractivity contribution < 1.29 is 4.79 Å². The molecule has 0 saturated heterocycles. The van der Waals surface area contributed by atoms with Crippen molar-refractivity contribution in [1.29, 1.82) is 0 Å². The number of halogens is 1. The molecule has 0 fully saturated rings. The van der Waals surface area contributed by atoms with Crippen LogP contribution in [0.1, 0.15) is 12.5 Å². The van der Waals surface area contributed by atoms with Crippen LogP contribution in [-0.4, -0.2) is 30.9 Å². The Kier molecular flexibility index (Phi) is 5.28. The molecule has 5 heteroatoms. The van der Waals surface area contributed by atoms with Crippen LogP contribution in [0, 0.1) is 0 Å². The van der Waals surface area contributed by atoms with Gasteiger partial charge in [0.15, 0.2) is 0 Å². The van der Waals surface area contributed by atoms with Crippen molar-refractivity contribution in [3.05, 3.63) is 20.8 Å². The van der Waals surface area contributed by atoms with Gasteiger partial charge in [-0.1, -0.05) is 0 Å². The first-order valence-electron chi connectivity index (χ1n) is 4.81. The fourth-order valence-corrected chi connectivity index (χ4v) is 2.27. The maximum absolute atomic E-state index is 11.4. The first-order chi connectivity index (χ1) is 7.13. The molecule has 0 atom stereocenters. The summed E-state index contributed by atoms with van der Waals surface area (Å²) in [4.78, 5) is 13.1. The molecule has 1 aromatic rings. The number of carbonyl (C=O) groups excluding carboxylic acids is 1. The van der Waals surface area contributed by atoms with Gasteiger partial charge in [0.05, 0.1) is 10.3 Å². The van der Waals surface area contributed by atoms with Crippen molar-refractivity contribution in [2.45, 2.75) is 13.5 Å². The Morgan fingerprint density at radius 2 is 2.40 bits per heavy atom. The molecule has 0 aliphatic carbocycles. The van der Waals surface area contributed by atoms with Crippen molar-refractivity contribution in [3.63, 3.8) is 0 Å². The number of hydrogen-bond donors (Lipinski definition) is 1. The second-order valence-electron chi connectivity index (χ2n) is 3.27. The summed E-state index contributed by atoms with van der Waals surface area (Å²) in [6, 6.07) is 2.06. The lowest BCUT2D eigenvalue weighted by atomic mass is 10.3. The van der Waals surface area contributed by atoms with E-state index in [4.69, 9.17) is 0 Å². The number of carbonyl (C=O) groups is 1. The van der Waals surface area contributed by atoms with Crippen LogP contribution in [0.4, 0.5) is 0 Å². The normalized spacial score (nSPS) is 10.3. The fraction of sp³-hybridized carbons (Fsp3) is 0.500. The highest BCUT2D eigenvalue weighted by molar-refractivity contribution is 9.11. The zero-order chi connectivity index (χ0) is 11.3. The van der Waals surface area contributed by atoms with Crippen LogP contribution in [0.25, 0.3) is 0 Å². The highest BCUT2D eigenvalue weighted by Crippen LogP contribution is 2.20. The minimum atomic E-state index is 0.131. The third-order valence-electron chi connectivity index (χ3n) is 2.13.